The number of hydrogen-bond donors (Lipinski definition) is 1. The number of rotatable bonds is 4. The molecular formula is C11H13NO3. The Balaban J connectivity index is 2.72. The summed E-state index contributed by atoms with van der Waals surface area (Å²) in [6.07, 6.45) is 0.320. The molecule has 1 atom stereocenters. The first-order chi connectivity index (χ1) is 7.00. The van der Waals surface area contributed by atoms with Gasteiger partial charge in [0, 0.05) is 12.0 Å². The van der Waals surface area contributed by atoms with Gasteiger partial charge in [-0.15, -0.1) is 0 Å². The number of benzene rings is 1. The van der Waals surface area contributed by atoms with Gasteiger partial charge in [0.1, 0.15) is 6.04 Å². The molecule has 80 valence electrons. The Labute approximate surface area is 87.7 Å². The summed E-state index contributed by atoms with van der Waals surface area (Å²) in [5, 5.41) is 10.5. The molecule has 3 N–H and O–H groups in total. The van der Waals surface area contributed by atoms with Gasteiger partial charge in [-0.2, -0.15) is 0 Å². The quantitative estimate of drug-likeness (QED) is 0.629. The zero-order valence-corrected chi connectivity index (χ0v) is 8.53. The third-order valence-electron chi connectivity index (χ3n) is 2.18. The van der Waals surface area contributed by atoms with Gasteiger partial charge in [-0.05, 0) is 12.5 Å². The van der Waals surface area contributed by atoms with Crippen LogP contribution in [0.5, 0.6) is 0 Å². The average molecular weight is 207 g/mol. The van der Waals surface area contributed by atoms with Crippen LogP contribution in [0, 0.1) is 0 Å². The molecular weight excluding hydrogens is 194 g/mol. The van der Waals surface area contributed by atoms with Crippen molar-refractivity contribution in [3.63, 3.8) is 0 Å². The molecule has 1 aromatic rings. The van der Waals surface area contributed by atoms with Crippen molar-refractivity contribution in [2.24, 2.45) is 0 Å². The Morgan fingerprint density at radius 1 is 1.33 bits per heavy atom. The fourth-order valence-corrected chi connectivity index (χ4v) is 1.24. The number of aliphatic carboxylic acids is 1. The van der Waals surface area contributed by atoms with E-state index in [0.717, 1.165) is 5.56 Å². The molecule has 0 spiro atoms. The average Bonchev–Trinajstić information content (AvgIpc) is 2.18. The van der Waals surface area contributed by atoms with Crippen LogP contribution in [0.2, 0.25) is 0 Å². The molecule has 0 bridgehead atoms. The molecule has 0 aliphatic carbocycles. The molecule has 1 rings (SSSR count). The van der Waals surface area contributed by atoms with Crippen LogP contribution in [0.1, 0.15) is 22.8 Å². The molecule has 0 fully saturated rings. The second-order valence-electron chi connectivity index (χ2n) is 3.47. The van der Waals surface area contributed by atoms with Gasteiger partial charge in [-0.25, -0.2) is 0 Å². The lowest BCUT2D eigenvalue weighted by atomic mass is 10.0. The fraction of sp³-hybridized carbons (Fsp3) is 0.273. The smallest absolute Gasteiger partial charge is 0.159 e. The molecule has 0 saturated carbocycles. The normalized spacial score (nSPS) is 12.1. The Kier molecular flexibility index (Phi) is 3.57. The van der Waals surface area contributed by atoms with E-state index in [0.29, 0.717) is 12.0 Å². The lowest BCUT2D eigenvalue weighted by molar-refractivity contribution is -0.437. The highest BCUT2D eigenvalue weighted by atomic mass is 16.4. The molecule has 0 aromatic heterocycles. The van der Waals surface area contributed by atoms with Gasteiger partial charge in [0.25, 0.3) is 0 Å². The molecule has 0 radical (unpaired) electrons. The van der Waals surface area contributed by atoms with Crippen molar-refractivity contribution in [1.29, 1.82) is 0 Å². The van der Waals surface area contributed by atoms with E-state index in [1.165, 1.54) is 6.92 Å². The second kappa shape index (κ2) is 4.70. The zero-order valence-electron chi connectivity index (χ0n) is 8.53. The van der Waals surface area contributed by atoms with E-state index < -0.39 is 12.0 Å². The first-order valence-electron chi connectivity index (χ1n) is 4.64. The number of carbonyl (C=O) groups is 2. The molecule has 4 heteroatoms. The van der Waals surface area contributed by atoms with Crippen LogP contribution in [0.4, 0.5) is 0 Å². The van der Waals surface area contributed by atoms with Crippen LogP contribution < -0.4 is 10.8 Å². The first-order valence-corrected chi connectivity index (χ1v) is 4.64. The number of carbonyl (C=O) groups excluding carboxylic acids is 2. The molecule has 4 nitrogen and oxygen atoms in total. The monoisotopic (exact) mass is 207 g/mol. The van der Waals surface area contributed by atoms with Crippen LogP contribution in [0.25, 0.3) is 0 Å². The maximum atomic E-state index is 11.0. The minimum Gasteiger partial charge on any atom is -0.544 e. The number of carboxylic acids is 1. The summed E-state index contributed by atoms with van der Waals surface area (Å²) >= 11 is 0. The van der Waals surface area contributed by atoms with Gasteiger partial charge < -0.3 is 15.6 Å². The SMILES string of the molecule is CC(=O)c1ccc(C[C@@H]([NH3+])C(=O)[O-])cc1. The van der Waals surface area contributed by atoms with E-state index in [1.807, 2.05) is 0 Å². The van der Waals surface area contributed by atoms with Crippen LogP contribution in [-0.2, 0) is 11.2 Å². The number of carboxylic acid groups (broad SMARTS) is 1. The minimum atomic E-state index is -1.16. The third kappa shape index (κ3) is 3.18. The van der Waals surface area contributed by atoms with Crippen molar-refractivity contribution in [3.8, 4) is 0 Å². The van der Waals surface area contributed by atoms with Crippen molar-refractivity contribution in [3.05, 3.63) is 35.4 Å². The maximum Gasteiger partial charge on any atom is 0.159 e. The van der Waals surface area contributed by atoms with Crippen LogP contribution in [-0.4, -0.2) is 17.8 Å². The third-order valence-corrected chi connectivity index (χ3v) is 2.18. The van der Waals surface area contributed by atoms with Crippen LogP contribution in [0.3, 0.4) is 0 Å². The molecule has 0 aliphatic rings. The van der Waals surface area contributed by atoms with Gasteiger partial charge in [-0.1, -0.05) is 24.3 Å². The van der Waals surface area contributed by atoms with Gasteiger partial charge in [0.15, 0.2) is 5.78 Å². The largest absolute Gasteiger partial charge is 0.544 e. The summed E-state index contributed by atoms with van der Waals surface area (Å²) in [5.74, 6) is -1.17. The van der Waals surface area contributed by atoms with E-state index in [4.69, 9.17) is 0 Å². The molecule has 0 aliphatic heterocycles. The highest BCUT2D eigenvalue weighted by Gasteiger charge is 2.08. The van der Waals surface area contributed by atoms with Crippen LogP contribution in [0.15, 0.2) is 24.3 Å². The predicted octanol–water partition coefficient (Wildman–Crippen LogP) is -1.21. The Bertz CT molecular complexity index is 370. The predicted molar refractivity (Wildman–Crippen MR) is 51.8 cm³/mol. The minimum absolute atomic E-state index is 0.00683. The molecule has 1 aromatic carbocycles. The van der Waals surface area contributed by atoms with E-state index in [-0.39, 0.29) is 5.78 Å². The van der Waals surface area contributed by atoms with Crippen molar-refractivity contribution < 1.29 is 20.4 Å². The number of hydrogen-bond acceptors (Lipinski definition) is 3. The highest BCUT2D eigenvalue weighted by Crippen LogP contribution is 2.06. The lowest BCUT2D eigenvalue weighted by Crippen LogP contribution is -2.69. The Hall–Kier alpha value is -1.68. The maximum absolute atomic E-state index is 11.0. The molecule has 15 heavy (non-hydrogen) atoms. The highest BCUT2D eigenvalue weighted by molar-refractivity contribution is 5.94. The zero-order chi connectivity index (χ0) is 11.4. The molecule has 0 amide bonds. The summed E-state index contributed by atoms with van der Waals surface area (Å²) in [4.78, 5) is 21.4. The van der Waals surface area contributed by atoms with Gasteiger partial charge in [-0.3, -0.25) is 4.79 Å². The Morgan fingerprint density at radius 3 is 2.27 bits per heavy atom. The summed E-state index contributed by atoms with van der Waals surface area (Å²) in [6.45, 7) is 1.49. The van der Waals surface area contributed by atoms with E-state index in [9.17, 15) is 14.7 Å². The summed E-state index contributed by atoms with van der Waals surface area (Å²) < 4.78 is 0. The van der Waals surface area contributed by atoms with Crippen molar-refractivity contribution >= 4 is 11.8 Å². The number of Topliss-reactive ketones (excluding diaryl/α,β-unsaturated/α-hetero) is 1. The van der Waals surface area contributed by atoms with Crippen LogP contribution >= 0.6 is 0 Å². The number of ketones is 1. The van der Waals surface area contributed by atoms with Gasteiger partial charge in [0.05, 0.1) is 5.97 Å². The van der Waals surface area contributed by atoms with E-state index in [1.54, 1.807) is 24.3 Å². The summed E-state index contributed by atoms with van der Waals surface area (Å²) in [6, 6.07) is 6.07. The topological polar surface area (TPSA) is 84.8 Å². The molecule has 0 unspecified atom stereocenters. The fourth-order valence-electron chi connectivity index (χ4n) is 1.24. The van der Waals surface area contributed by atoms with Crippen molar-refractivity contribution in [2.75, 3.05) is 0 Å². The Morgan fingerprint density at radius 2 is 1.87 bits per heavy atom. The molecule has 0 heterocycles. The molecule has 0 saturated heterocycles. The summed E-state index contributed by atoms with van der Waals surface area (Å²) in [7, 11) is 0. The lowest BCUT2D eigenvalue weighted by Gasteiger charge is -2.09. The van der Waals surface area contributed by atoms with E-state index in [2.05, 4.69) is 5.73 Å². The standard InChI is InChI=1S/C11H13NO3/c1-7(13)9-4-2-8(3-5-9)6-10(12)11(14)15/h2-5,10H,6,12H2,1H3,(H,14,15)/t10-/m1/s1. The van der Waals surface area contributed by atoms with Gasteiger partial charge >= 0.3 is 0 Å². The van der Waals surface area contributed by atoms with Gasteiger partial charge in [0.2, 0.25) is 0 Å². The van der Waals surface area contributed by atoms with Crippen molar-refractivity contribution in [1.82, 2.24) is 0 Å². The summed E-state index contributed by atoms with van der Waals surface area (Å²) in [5.41, 5.74) is 4.92. The first kappa shape index (κ1) is 11.4. The second-order valence-corrected chi connectivity index (χ2v) is 3.47. The van der Waals surface area contributed by atoms with Crippen molar-refractivity contribution in [2.45, 2.75) is 19.4 Å². The van der Waals surface area contributed by atoms with E-state index >= 15 is 0 Å². The number of quaternary nitrogens is 1.